The van der Waals surface area contributed by atoms with Crippen molar-refractivity contribution in [1.29, 1.82) is 5.26 Å². The number of anilines is 1. The van der Waals surface area contributed by atoms with Gasteiger partial charge < -0.3 is 15.4 Å². The highest BCUT2D eigenvalue weighted by Gasteiger charge is 2.30. The number of aryl methyl sites for hydroxylation is 1. The summed E-state index contributed by atoms with van der Waals surface area (Å²) < 4.78 is 4.88. The van der Waals surface area contributed by atoms with E-state index < -0.39 is 5.97 Å². The summed E-state index contributed by atoms with van der Waals surface area (Å²) in [5, 5.41) is 9.64. The molecule has 0 unspecified atom stereocenters. The second kappa shape index (κ2) is 10.2. The number of rotatable bonds is 4. The monoisotopic (exact) mass is 369 g/mol. The molecule has 0 aliphatic carbocycles. The van der Waals surface area contributed by atoms with E-state index in [1.807, 2.05) is 44.2 Å². The number of carbonyl (C=O) groups is 1. The molecule has 0 aromatic heterocycles. The van der Waals surface area contributed by atoms with E-state index in [-0.39, 0.29) is 12.2 Å². The summed E-state index contributed by atoms with van der Waals surface area (Å²) in [6.45, 7) is 15.8. The summed E-state index contributed by atoms with van der Waals surface area (Å²) in [7, 11) is 0. The van der Waals surface area contributed by atoms with Crippen molar-refractivity contribution in [2.75, 3.05) is 18.9 Å². The average Bonchev–Trinajstić information content (AvgIpc) is 2.88. The maximum absolute atomic E-state index is 11.7. The van der Waals surface area contributed by atoms with Gasteiger partial charge in [0.25, 0.3) is 0 Å². The third-order valence-electron chi connectivity index (χ3n) is 3.33. The zero-order chi connectivity index (χ0) is 19.7. The fraction of sp³-hybridized carbons (Fsp3) is 0.200. The van der Waals surface area contributed by atoms with Gasteiger partial charge in [-0.3, -0.25) is 0 Å². The average molecular weight is 369 g/mol. The van der Waals surface area contributed by atoms with Gasteiger partial charge in [0.15, 0.2) is 5.57 Å². The lowest BCUT2D eigenvalue weighted by atomic mass is 10.2. The molecule has 1 heterocycles. The van der Waals surface area contributed by atoms with Crippen molar-refractivity contribution in [3.05, 3.63) is 76.8 Å². The van der Waals surface area contributed by atoms with Gasteiger partial charge in [-0.25, -0.2) is 4.79 Å². The maximum Gasteiger partial charge on any atom is 0.351 e. The number of carbonyl (C=O) groups excluding carboxylic acids is 1. The summed E-state index contributed by atoms with van der Waals surface area (Å²) in [4.78, 5) is 14.3. The number of nitrogens with two attached hydrogens (primary N) is 1. The van der Waals surface area contributed by atoms with Crippen LogP contribution in [0.25, 0.3) is 0 Å². The van der Waals surface area contributed by atoms with E-state index >= 15 is 0 Å². The van der Waals surface area contributed by atoms with Gasteiger partial charge in [0.2, 0.25) is 0 Å². The van der Waals surface area contributed by atoms with Crippen LogP contribution in [0.5, 0.6) is 0 Å². The van der Waals surface area contributed by atoms with E-state index in [1.165, 1.54) is 23.4 Å². The van der Waals surface area contributed by atoms with E-state index in [2.05, 4.69) is 19.7 Å². The van der Waals surface area contributed by atoms with Gasteiger partial charge >= 0.3 is 5.97 Å². The molecular formula is C20H23N3O2S. The third kappa shape index (κ3) is 5.57. The van der Waals surface area contributed by atoms with Crippen LogP contribution >= 0.6 is 11.8 Å². The topological polar surface area (TPSA) is 79.4 Å². The molecule has 1 saturated heterocycles. The summed E-state index contributed by atoms with van der Waals surface area (Å²) in [6.07, 6.45) is 1.45. The summed E-state index contributed by atoms with van der Waals surface area (Å²) in [6, 6.07) is 9.68. The molecule has 6 heteroatoms. The van der Waals surface area contributed by atoms with Crippen LogP contribution in [-0.4, -0.2) is 24.0 Å². The van der Waals surface area contributed by atoms with Gasteiger partial charge in [0, 0.05) is 22.8 Å². The normalized spacial score (nSPS) is 14.9. The van der Waals surface area contributed by atoms with E-state index in [4.69, 9.17) is 15.7 Å². The second-order valence-corrected chi connectivity index (χ2v) is 6.39. The van der Waals surface area contributed by atoms with Crippen molar-refractivity contribution in [2.24, 2.45) is 0 Å². The molecule has 1 aliphatic rings. The number of hydrogen-bond donors (Lipinski definition) is 1. The lowest BCUT2D eigenvalue weighted by molar-refractivity contribution is -0.137. The number of benzene rings is 1. The van der Waals surface area contributed by atoms with Gasteiger partial charge in [0.05, 0.1) is 0 Å². The number of likely N-dealkylation sites (N-methyl/N-ethyl adjacent to an activating group) is 1. The van der Waals surface area contributed by atoms with Crippen LogP contribution in [0, 0.1) is 18.3 Å². The molecule has 0 spiro atoms. The first-order valence-corrected chi connectivity index (χ1v) is 8.75. The van der Waals surface area contributed by atoms with Gasteiger partial charge in [-0.2, -0.15) is 5.26 Å². The Morgan fingerprint density at radius 3 is 2.62 bits per heavy atom. The van der Waals surface area contributed by atoms with Crippen LogP contribution < -0.4 is 5.73 Å². The molecule has 2 rings (SSSR count). The largest absolute Gasteiger partial charge is 0.457 e. The number of nitrogen functional groups attached to an aromatic ring is 1. The molecule has 0 radical (unpaired) electrons. The summed E-state index contributed by atoms with van der Waals surface area (Å²) in [5.74, 6) is -0.652. The van der Waals surface area contributed by atoms with Crippen molar-refractivity contribution < 1.29 is 9.53 Å². The Morgan fingerprint density at radius 1 is 1.46 bits per heavy atom. The Morgan fingerprint density at radius 2 is 2.15 bits per heavy atom. The number of ether oxygens (including phenoxy) is 1. The van der Waals surface area contributed by atoms with Crippen molar-refractivity contribution >= 4 is 23.4 Å². The smallest absolute Gasteiger partial charge is 0.351 e. The first-order valence-electron chi connectivity index (χ1n) is 7.93. The van der Waals surface area contributed by atoms with Crippen LogP contribution in [-0.2, 0) is 9.53 Å². The van der Waals surface area contributed by atoms with E-state index in [1.54, 1.807) is 4.90 Å². The van der Waals surface area contributed by atoms with Gasteiger partial charge in [0.1, 0.15) is 17.7 Å². The molecule has 0 amide bonds. The minimum Gasteiger partial charge on any atom is -0.457 e. The molecule has 1 fully saturated rings. The zero-order valence-electron chi connectivity index (χ0n) is 15.1. The number of thioether (sulfide) groups is 1. The van der Waals surface area contributed by atoms with Gasteiger partial charge in [-0.1, -0.05) is 49.7 Å². The Hall–Kier alpha value is -2.91. The fourth-order valence-electron chi connectivity index (χ4n) is 2.08. The number of esters is 1. The Kier molecular flexibility index (Phi) is 8.26. The first-order chi connectivity index (χ1) is 12.3. The van der Waals surface area contributed by atoms with Crippen molar-refractivity contribution in [1.82, 2.24) is 4.90 Å². The summed E-state index contributed by atoms with van der Waals surface area (Å²) in [5.41, 5.74) is 8.19. The molecule has 2 N–H and O–H groups in total. The lowest BCUT2D eigenvalue weighted by Crippen LogP contribution is -2.19. The molecule has 26 heavy (non-hydrogen) atoms. The predicted molar refractivity (Wildman–Crippen MR) is 108 cm³/mol. The van der Waals surface area contributed by atoms with Crippen molar-refractivity contribution in [2.45, 2.75) is 13.8 Å². The molecule has 5 nitrogen and oxygen atoms in total. The van der Waals surface area contributed by atoms with Crippen LogP contribution in [0.4, 0.5) is 5.69 Å². The highest BCUT2D eigenvalue weighted by molar-refractivity contribution is 8.07. The zero-order valence-corrected chi connectivity index (χ0v) is 15.9. The number of nitrogens with zero attached hydrogens (tertiary/aromatic N) is 2. The van der Waals surface area contributed by atoms with E-state index in [9.17, 15) is 4.79 Å². The quantitative estimate of drug-likeness (QED) is 0.283. The molecule has 0 bridgehead atoms. The van der Waals surface area contributed by atoms with Crippen molar-refractivity contribution in [3.63, 3.8) is 0 Å². The summed E-state index contributed by atoms with van der Waals surface area (Å²) >= 11 is 1.26. The highest BCUT2D eigenvalue weighted by Crippen LogP contribution is 2.44. The second-order valence-electron chi connectivity index (χ2n) is 5.31. The molecule has 0 atom stereocenters. The molecule has 0 saturated carbocycles. The van der Waals surface area contributed by atoms with Crippen LogP contribution in [0.2, 0.25) is 0 Å². The van der Waals surface area contributed by atoms with E-state index in [0.717, 1.165) is 10.6 Å². The van der Waals surface area contributed by atoms with Gasteiger partial charge in [-0.05, 0) is 31.5 Å². The predicted octanol–water partition coefficient (Wildman–Crippen LogP) is 4.12. The number of hydrogen-bond acceptors (Lipinski definition) is 6. The van der Waals surface area contributed by atoms with E-state index in [0.29, 0.717) is 17.3 Å². The van der Waals surface area contributed by atoms with Crippen LogP contribution in [0.3, 0.4) is 0 Å². The minimum atomic E-state index is -0.652. The highest BCUT2D eigenvalue weighted by atomic mass is 32.2. The number of nitriles is 1. The van der Waals surface area contributed by atoms with Gasteiger partial charge in [-0.15, -0.1) is 0 Å². The molecule has 1 aliphatic heterocycles. The fourth-order valence-corrected chi connectivity index (χ4v) is 3.12. The van der Waals surface area contributed by atoms with Crippen LogP contribution in [0.15, 0.2) is 71.3 Å². The Bertz CT molecular complexity index is 773. The minimum absolute atomic E-state index is 0.0245. The standard InChI is InChI=1S/C13H14N2O2S.C7H9N/c1-5-7-17-13(16)11(8-14)12-15(6-2)9(3)10(4)18-12;1-6-3-2-4-7(8)5-6/h5H,1,3-4,6-7H2,2H3;2-5H,8H2,1H3/b12-11-;. The van der Waals surface area contributed by atoms with Crippen molar-refractivity contribution in [3.8, 4) is 6.07 Å². The molecule has 1 aromatic rings. The Balaban J connectivity index is 0.000000350. The maximum atomic E-state index is 11.7. The molecule has 1 aromatic carbocycles. The first kappa shape index (κ1) is 21.1. The third-order valence-corrected chi connectivity index (χ3v) is 4.43. The van der Waals surface area contributed by atoms with Crippen LogP contribution in [0.1, 0.15) is 12.5 Å². The SMILES string of the molecule is C=CCOC(=O)/C(C#N)=C1\SC(=C)C(=C)N1CC.Cc1cccc(N)c1. The lowest BCUT2D eigenvalue weighted by Gasteiger charge is -2.17. The Labute approximate surface area is 159 Å². The molecular weight excluding hydrogens is 346 g/mol. The molecule has 136 valence electrons.